The summed E-state index contributed by atoms with van der Waals surface area (Å²) in [6, 6.07) is 2.48. The van der Waals surface area contributed by atoms with Gasteiger partial charge in [-0.2, -0.15) is 0 Å². The molecule has 5 nitrogen and oxygen atoms in total. The Balaban J connectivity index is 1.72. The van der Waals surface area contributed by atoms with Gasteiger partial charge in [0.05, 0.1) is 17.9 Å². The number of hydrogen-bond acceptors (Lipinski definition) is 3. The summed E-state index contributed by atoms with van der Waals surface area (Å²) in [7, 11) is 0. The van der Waals surface area contributed by atoms with Crippen LogP contribution in [-0.2, 0) is 0 Å². The summed E-state index contributed by atoms with van der Waals surface area (Å²) in [4.78, 5) is 20.2. The molecule has 3 heterocycles. The van der Waals surface area contributed by atoms with Crippen LogP contribution in [0.5, 0.6) is 0 Å². The van der Waals surface area contributed by atoms with Crippen LogP contribution in [0.3, 0.4) is 0 Å². The maximum atomic E-state index is 11.7. The highest BCUT2D eigenvalue weighted by molar-refractivity contribution is 9.10. The fourth-order valence-electron chi connectivity index (χ4n) is 2.85. The van der Waals surface area contributed by atoms with Gasteiger partial charge in [-0.1, -0.05) is 0 Å². The van der Waals surface area contributed by atoms with Crippen molar-refractivity contribution in [2.45, 2.75) is 18.9 Å². The van der Waals surface area contributed by atoms with E-state index in [1.54, 1.807) is 6.20 Å². The van der Waals surface area contributed by atoms with Crippen LogP contribution in [0, 0.1) is 0 Å². The first-order valence-corrected chi connectivity index (χ1v) is 7.43. The van der Waals surface area contributed by atoms with Crippen molar-refractivity contribution in [3.8, 4) is 0 Å². The summed E-state index contributed by atoms with van der Waals surface area (Å²) in [5, 5.41) is 2.88. The van der Waals surface area contributed by atoms with Crippen LogP contribution < -0.4 is 10.2 Å². The van der Waals surface area contributed by atoms with Gasteiger partial charge in [0.2, 0.25) is 0 Å². The van der Waals surface area contributed by atoms with Crippen LogP contribution in [-0.4, -0.2) is 48.1 Å². The normalized spacial score (nSPS) is 23.6. The monoisotopic (exact) mass is 324 g/mol. The van der Waals surface area contributed by atoms with Gasteiger partial charge in [-0.3, -0.25) is 4.98 Å². The van der Waals surface area contributed by atoms with Gasteiger partial charge in [0.1, 0.15) is 0 Å². The van der Waals surface area contributed by atoms with Crippen LogP contribution in [0.1, 0.15) is 12.8 Å². The van der Waals surface area contributed by atoms with E-state index in [1.165, 1.54) is 0 Å². The van der Waals surface area contributed by atoms with Gasteiger partial charge in [-0.15, -0.1) is 0 Å². The number of aromatic nitrogens is 1. The van der Waals surface area contributed by atoms with Crippen molar-refractivity contribution in [2.75, 3.05) is 31.1 Å². The molecule has 2 aliphatic heterocycles. The zero-order chi connectivity index (χ0) is 13.2. The molecule has 0 saturated carbocycles. The number of pyridine rings is 1. The molecule has 2 saturated heterocycles. The molecule has 102 valence electrons. The van der Waals surface area contributed by atoms with Gasteiger partial charge in [-0.25, -0.2) is 4.79 Å². The first kappa shape index (κ1) is 12.7. The van der Waals surface area contributed by atoms with Crippen molar-refractivity contribution < 1.29 is 4.79 Å². The molecule has 1 atom stereocenters. The Kier molecular flexibility index (Phi) is 3.59. The molecule has 0 spiro atoms. The summed E-state index contributed by atoms with van der Waals surface area (Å²) in [5.74, 6) is 0. The van der Waals surface area contributed by atoms with E-state index in [4.69, 9.17) is 0 Å². The SMILES string of the molecule is O=C1NCCN1[C@H]1CCCN(c2cncc(Br)c2)C1. The van der Waals surface area contributed by atoms with E-state index in [1.807, 2.05) is 11.1 Å². The highest BCUT2D eigenvalue weighted by Gasteiger charge is 2.31. The number of carbonyl (C=O) groups is 1. The Morgan fingerprint density at radius 3 is 3.00 bits per heavy atom. The minimum atomic E-state index is 0.0826. The van der Waals surface area contributed by atoms with E-state index in [2.05, 4.69) is 37.2 Å². The smallest absolute Gasteiger partial charge is 0.317 e. The number of urea groups is 1. The molecule has 2 aliphatic rings. The van der Waals surface area contributed by atoms with Crippen LogP contribution in [0.4, 0.5) is 10.5 Å². The van der Waals surface area contributed by atoms with E-state index < -0.39 is 0 Å². The number of hydrogen-bond donors (Lipinski definition) is 1. The fraction of sp³-hybridized carbons (Fsp3) is 0.538. The summed E-state index contributed by atoms with van der Waals surface area (Å²) in [5.41, 5.74) is 1.12. The van der Waals surface area contributed by atoms with E-state index in [0.29, 0.717) is 6.04 Å². The second kappa shape index (κ2) is 5.36. The van der Waals surface area contributed by atoms with Gasteiger partial charge >= 0.3 is 6.03 Å². The van der Waals surface area contributed by atoms with Crippen molar-refractivity contribution >= 4 is 27.6 Å². The number of carbonyl (C=O) groups excluding carboxylic acids is 1. The Hall–Kier alpha value is -1.30. The largest absolute Gasteiger partial charge is 0.368 e. The molecular weight excluding hydrogens is 308 g/mol. The lowest BCUT2D eigenvalue weighted by Crippen LogP contribution is -2.49. The Bertz CT molecular complexity index is 481. The van der Waals surface area contributed by atoms with Crippen LogP contribution in [0.15, 0.2) is 22.9 Å². The van der Waals surface area contributed by atoms with Gasteiger partial charge in [0.15, 0.2) is 0 Å². The average molecular weight is 325 g/mol. The fourth-order valence-corrected chi connectivity index (χ4v) is 3.20. The van der Waals surface area contributed by atoms with Crippen molar-refractivity contribution in [1.29, 1.82) is 0 Å². The van der Waals surface area contributed by atoms with Crippen molar-refractivity contribution in [1.82, 2.24) is 15.2 Å². The summed E-state index contributed by atoms with van der Waals surface area (Å²) < 4.78 is 0.992. The molecule has 2 amide bonds. The second-order valence-electron chi connectivity index (χ2n) is 5.03. The molecule has 0 radical (unpaired) electrons. The molecule has 19 heavy (non-hydrogen) atoms. The van der Waals surface area contributed by atoms with E-state index in [0.717, 1.165) is 49.2 Å². The molecule has 0 aromatic carbocycles. The van der Waals surface area contributed by atoms with Crippen molar-refractivity contribution in [2.24, 2.45) is 0 Å². The molecular formula is C13H17BrN4O. The lowest BCUT2D eigenvalue weighted by molar-refractivity contribution is 0.189. The van der Waals surface area contributed by atoms with E-state index in [9.17, 15) is 4.79 Å². The molecule has 0 unspecified atom stereocenters. The van der Waals surface area contributed by atoms with Gasteiger partial charge in [0, 0.05) is 36.8 Å². The quantitative estimate of drug-likeness (QED) is 0.903. The topological polar surface area (TPSA) is 48.5 Å². The third-order valence-corrected chi connectivity index (χ3v) is 4.22. The Labute approximate surface area is 121 Å². The van der Waals surface area contributed by atoms with Gasteiger partial charge in [-0.05, 0) is 34.8 Å². The molecule has 1 N–H and O–H groups in total. The molecule has 0 aliphatic carbocycles. The van der Waals surface area contributed by atoms with Gasteiger partial charge in [0.25, 0.3) is 0 Å². The third kappa shape index (κ3) is 2.68. The zero-order valence-corrected chi connectivity index (χ0v) is 12.3. The highest BCUT2D eigenvalue weighted by atomic mass is 79.9. The standard InChI is InChI=1S/C13H17BrN4O/c14-10-6-12(8-15-7-10)17-4-1-2-11(9-17)18-5-3-16-13(18)19/h6-8,11H,1-5,9H2,(H,16,19)/t11-/m0/s1. The zero-order valence-electron chi connectivity index (χ0n) is 10.7. The first-order valence-electron chi connectivity index (χ1n) is 6.64. The minimum Gasteiger partial charge on any atom is -0.368 e. The maximum Gasteiger partial charge on any atom is 0.317 e. The Morgan fingerprint density at radius 1 is 1.37 bits per heavy atom. The van der Waals surface area contributed by atoms with Crippen LogP contribution >= 0.6 is 15.9 Å². The number of piperidine rings is 1. The number of halogens is 1. The third-order valence-electron chi connectivity index (χ3n) is 3.78. The molecule has 0 bridgehead atoms. The Morgan fingerprint density at radius 2 is 2.26 bits per heavy atom. The number of amides is 2. The van der Waals surface area contributed by atoms with Gasteiger partial charge < -0.3 is 15.1 Å². The average Bonchev–Trinajstić information content (AvgIpc) is 2.85. The molecule has 2 fully saturated rings. The molecule has 1 aromatic heterocycles. The predicted octanol–water partition coefficient (Wildman–Crippen LogP) is 1.84. The molecule has 3 rings (SSSR count). The summed E-state index contributed by atoms with van der Waals surface area (Å²) in [6.45, 7) is 3.53. The number of anilines is 1. The number of nitrogens with one attached hydrogen (secondary N) is 1. The van der Waals surface area contributed by atoms with E-state index in [-0.39, 0.29) is 6.03 Å². The predicted molar refractivity (Wildman–Crippen MR) is 77.3 cm³/mol. The molecule has 6 heteroatoms. The lowest BCUT2D eigenvalue weighted by atomic mass is 10.0. The minimum absolute atomic E-state index is 0.0826. The first-order chi connectivity index (χ1) is 9.24. The molecule has 1 aromatic rings. The summed E-state index contributed by atoms with van der Waals surface area (Å²) in [6.07, 6.45) is 5.88. The van der Waals surface area contributed by atoms with Crippen LogP contribution in [0.25, 0.3) is 0 Å². The lowest BCUT2D eigenvalue weighted by Gasteiger charge is -2.38. The summed E-state index contributed by atoms with van der Waals surface area (Å²) >= 11 is 3.46. The van der Waals surface area contributed by atoms with Crippen molar-refractivity contribution in [3.05, 3.63) is 22.9 Å². The number of rotatable bonds is 2. The highest BCUT2D eigenvalue weighted by Crippen LogP contribution is 2.24. The van der Waals surface area contributed by atoms with Crippen molar-refractivity contribution in [3.63, 3.8) is 0 Å². The second-order valence-corrected chi connectivity index (χ2v) is 5.94. The van der Waals surface area contributed by atoms with E-state index >= 15 is 0 Å². The maximum absolute atomic E-state index is 11.7. The number of nitrogens with zero attached hydrogens (tertiary/aromatic N) is 3. The van der Waals surface area contributed by atoms with Crippen LogP contribution in [0.2, 0.25) is 0 Å².